The van der Waals surface area contributed by atoms with Gasteiger partial charge in [-0.1, -0.05) is 47.4 Å². The molecule has 21 heavy (non-hydrogen) atoms. The Hall–Kier alpha value is -1.30. The molecule has 2 aromatic rings. The minimum atomic E-state index is 0.241. The van der Waals surface area contributed by atoms with E-state index in [0.29, 0.717) is 39.8 Å². The van der Waals surface area contributed by atoms with Gasteiger partial charge in [0, 0.05) is 23.2 Å². The third kappa shape index (κ3) is 4.33. The Kier molecular flexibility index (Phi) is 5.45. The zero-order chi connectivity index (χ0) is 15.4. The predicted molar refractivity (Wildman–Crippen MR) is 81.8 cm³/mol. The van der Waals surface area contributed by atoms with Gasteiger partial charge in [-0.25, -0.2) is 4.63 Å². The summed E-state index contributed by atoms with van der Waals surface area (Å²) in [4.78, 5) is 0. The van der Waals surface area contributed by atoms with E-state index in [4.69, 9.17) is 27.9 Å². The number of hydrogen-bond acceptors (Lipinski definition) is 5. The maximum atomic E-state index is 6.23. The highest BCUT2D eigenvalue weighted by Crippen LogP contribution is 2.33. The number of hydrogen-bond donors (Lipinski definition) is 1. The fourth-order valence-electron chi connectivity index (χ4n) is 1.74. The lowest BCUT2D eigenvalue weighted by molar-refractivity contribution is 0.268. The molecule has 0 bridgehead atoms. The average molecular weight is 330 g/mol. The number of benzene rings is 1. The Bertz CT molecular complexity index is 614. The molecule has 0 saturated heterocycles. The van der Waals surface area contributed by atoms with Crippen LogP contribution in [0.3, 0.4) is 0 Å². The SMILES string of the molecule is Cc1nonc1COc1c(Cl)cc(Cl)cc1CNC(C)C. The lowest BCUT2D eigenvalue weighted by Gasteiger charge is -2.15. The summed E-state index contributed by atoms with van der Waals surface area (Å²) in [5.74, 6) is 0.594. The number of aryl methyl sites for hydroxylation is 1. The summed E-state index contributed by atoms with van der Waals surface area (Å²) in [6, 6.07) is 3.84. The summed E-state index contributed by atoms with van der Waals surface area (Å²) in [5.41, 5.74) is 2.24. The number of rotatable bonds is 6. The molecule has 2 rings (SSSR count). The monoisotopic (exact) mass is 329 g/mol. The first-order valence-corrected chi connectivity index (χ1v) is 7.35. The van der Waals surface area contributed by atoms with Crippen molar-refractivity contribution < 1.29 is 9.37 Å². The van der Waals surface area contributed by atoms with Gasteiger partial charge in [0.05, 0.1) is 5.02 Å². The smallest absolute Gasteiger partial charge is 0.145 e. The predicted octanol–water partition coefficient (Wildman–Crippen LogP) is 3.76. The maximum Gasteiger partial charge on any atom is 0.145 e. The standard InChI is InChI=1S/C14H17Cl2N3O2/c1-8(2)17-6-10-4-11(15)5-12(16)14(10)20-7-13-9(3)18-21-19-13/h4-5,8,17H,6-7H2,1-3H3. The van der Waals surface area contributed by atoms with Gasteiger partial charge in [0.2, 0.25) is 0 Å². The zero-order valence-electron chi connectivity index (χ0n) is 12.1. The van der Waals surface area contributed by atoms with Crippen molar-refractivity contribution >= 4 is 23.2 Å². The molecule has 0 unspecified atom stereocenters. The van der Waals surface area contributed by atoms with E-state index >= 15 is 0 Å². The third-order valence-electron chi connectivity index (χ3n) is 2.89. The fourth-order valence-corrected chi connectivity index (χ4v) is 2.33. The Morgan fingerprint density at radius 3 is 2.67 bits per heavy atom. The normalized spacial score (nSPS) is 11.1. The molecule has 0 fully saturated rings. The second-order valence-electron chi connectivity index (χ2n) is 5.00. The highest BCUT2D eigenvalue weighted by atomic mass is 35.5. The summed E-state index contributed by atoms with van der Waals surface area (Å²) in [6.07, 6.45) is 0. The highest BCUT2D eigenvalue weighted by molar-refractivity contribution is 6.35. The molecule has 0 aliphatic heterocycles. The third-order valence-corrected chi connectivity index (χ3v) is 3.38. The van der Waals surface area contributed by atoms with E-state index in [1.165, 1.54) is 0 Å². The van der Waals surface area contributed by atoms with Crippen LogP contribution in [-0.2, 0) is 13.2 Å². The van der Waals surface area contributed by atoms with Crippen LogP contribution in [-0.4, -0.2) is 16.4 Å². The number of nitrogens with one attached hydrogen (secondary N) is 1. The van der Waals surface area contributed by atoms with E-state index in [2.05, 4.69) is 34.1 Å². The van der Waals surface area contributed by atoms with Gasteiger partial charge in [-0.2, -0.15) is 0 Å². The van der Waals surface area contributed by atoms with Crippen molar-refractivity contribution in [1.82, 2.24) is 15.6 Å². The molecular formula is C14H17Cl2N3O2. The fraction of sp³-hybridized carbons (Fsp3) is 0.429. The molecular weight excluding hydrogens is 313 g/mol. The number of aromatic nitrogens is 2. The molecule has 5 nitrogen and oxygen atoms in total. The lowest BCUT2D eigenvalue weighted by Crippen LogP contribution is -2.22. The topological polar surface area (TPSA) is 60.2 Å². The van der Waals surface area contributed by atoms with Crippen LogP contribution in [0.25, 0.3) is 0 Å². The van der Waals surface area contributed by atoms with Crippen molar-refractivity contribution in [3.63, 3.8) is 0 Å². The van der Waals surface area contributed by atoms with Crippen LogP contribution in [0.5, 0.6) is 5.75 Å². The Balaban J connectivity index is 2.18. The van der Waals surface area contributed by atoms with Gasteiger partial charge in [-0.15, -0.1) is 0 Å². The van der Waals surface area contributed by atoms with Crippen molar-refractivity contribution in [2.45, 2.75) is 40.0 Å². The molecule has 0 aliphatic rings. The zero-order valence-corrected chi connectivity index (χ0v) is 13.6. The maximum absolute atomic E-state index is 6.23. The van der Waals surface area contributed by atoms with E-state index < -0.39 is 0 Å². The van der Waals surface area contributed by atoms with E-state index in [0.717, 1.165) is 5.56 Å². The lowest BCUT2D eigenvalue weighted by atomic mass is 10.2. The first-order valence-electron chi connectivity index (χ1n) is 6.59. The van der Waals surface area contributed by atoms with E-state index in [9.17, 15) is 0 Å². The van der Waals surface area contributed by atoms with Crippen LogP contribution >= 0.6 is 23.2 Å². The van der Waals surface area contributed by atoms with Gasteiger partial charge in [0.1, 0.15) is 23.7 Å². The summed E-state index contributed by atoms with van der Waals surface area (Å²) >= 11 is 12.3. The quantitative estimate of drug-likeness (QED) is 0.874. The molecule has 1 aromatic carbocycles. The number of ether oxygens (including phenoxy) is 1. The summed E-state index contributed by atoms with van der Waals surface area (Å²) in [7, 11) is 0. The first kappa shape index (κ1) is 16.1. The molecule has 1 aromatic heterocycles. The number of nitrogens with zero attached hydrogens (tertiary/aromatic N) is 2. The van der Waals surface area contributed by atoms with Gasteiger partial charge < -0.3 is 10.1 Å². The first-order chi connectivity index (χ1) is 9.97. The summed E-state index contributed by atoms with van der Waals surface area (Å²) in [5, 5.41) is 11.9. The molecule has 0 aliphatic carbocycles. The highest BCUT2D eigenvalue weighted by Gasteiger charge is 2.13. The minimum absolute atomic E-state index is 0.241. The van der Waals surface area contributed by atoms with Gasteiger partial charge >= 0.3 is 0 Å². The van der Waals surface area contributed by atoms with Crippen LogP contribution in [0.4, 0.5) is 0 Å². The van der Waals surface area contributed by atoms with Crippen molar-refractivity contribution in [3.05, 3.63) is 39.1 Å². The summed E-state index contributed by atoms with van der Waals surface area (Å²) < 4.78 is 10.4. The van der Waals surface area contributed by atoms with Crippen molar-refractivity contribution in [1.29, 1.82) is 0 Å². The second-order valence-corrected chi connectivity index (χ2v) is 5.84. The number of halogens is 2. The molecule has 0 saturated carbocycles. The molecule has 7 heteroatoms. The van der Waals surface area contributed by atoms with E-state index in [-0.39, 0.29) is 6.61 Å². The largest absolute Gasteiger partial charge is 0.485 e. The van der Waals surface area contributed by atoms with Crippen LogP contribution in [0.15, 0.2) is 16.8 Å². The van der Waals surface area contributed by atoms with Gasteiger partial charge in [-0.3, -0.25) is 0 Å². The Morgan fingerprint density at radius 1 is 1.29 bits per heavy atom. The van der Waals surface area contributed by atoms with Crippen LogP contribution in [0.1, 0.15) is 30.8 Å². The van der Waals surface area contributed by atoms with Crippen molar-refractivity contribution in [3.8, 4) is 5.75 Å². The molecule has 1 N–H and O–H groups in total. The Morgan fingerprint density at radius 2 is 2.05 bits per heavy atom. The van der Waals surface area contributed by atoms with Crippen molar-refractivity contribution in [2.24, 2.45) is 0 Å². The van der Waals surface area contributed by atoms with E-state index in [1.54, 1.807) is 13.0 Å². The molecule has 114 valence electrons. The summed E-state index contributed by atoms with van der Waals surface area (Å²) in [6.45, 7) is 6.79. The van der Waals surface area contributed by atoms with Crippen LogP contribution in [0.2, 0.25) is 10.0 Å². The Labute approximate surface area is 133 Å². The van der Waals surface area contributed by atoms with Gasteiger partial charge in [-0.05, 0) is 19.1 Å². The van der Waals surface area contributed by atoms with E-state index in [1.807, 2.05) is 6.07 Å². The molecule has 0 amide bonds. The molecule has 0 atom stereocenters. The average Bonchev–Trinajstić information content (AvgIpc) is 2.80. The second kappa shape index (κ2) is 7.11. The molecule has 1 heterocycles. The van der Waals surface area contributed by atoms with Gasteiger partial charge in [0.15, 0.2) is 0 Å². The van der Waals surface area contributed by atoms with Crippen LogP contribution in [0, 0.1) is 6.92 Å². The molecule has 0 radical (unpaired) electrons. The molecule has 0 spiro atoms. The van der Waals surface area contributed by atoms with Gasteiger partial charge in [0.25, 0.3) is 0 Å². The minimum Gasteiger partial charge on any atom is -0.485 e. The van der Waals surface area contributed by atoms with Crippen molar-refractivity contribution in [2.75, 3.05) is 0 Å². The van der Waals surface area contributed by atoms with Crippen LogP contribution < -0.4 is 10.1 Å².